The molecule has 0 saturated carbocycles. The number of aliphatic hydroxyl groups is 1. The Hall–Kier alpha value is -0.120. The van der Waals surface area contributed by atoms with E-state index >= 15 is 0 Å². The molecule has 0 aromatic heterocycles. The largest absolute Gasteiger partial charge is 0.389 e. The van der Waals surface area contributed by atoms with Crippen LogP contribution in [0.15, 0.2) is 0 Å². The summed E-state index contributed by atoms with van der Waals surface area (Å²) in [5.41, 5.74) is 0. The number of rotatable bonds is 0. The zero-order valence-corrected chi connectivity index (χ0v) is 6.29. The highest BCUT2D eigenvalue weighted by molar-refractivity contribution is 4.59. The first-order chi connectivity index (χ1) is 4.29. The number of likely N-dealkylation sites (N-methyl/N-ethyl adjacent to an activating group) is 1. The molecule has 1 rings (SSSR count). The Labute approximate surface area is 56.2 Å². The average Bonchev–Trinajstić information content (AvgIpc) is 2.20. The lowest BCUT2D eigenvalue weighted by molar-refractivity contribution is -0.0878. The molecule has 0 aliphatic carbocycles. The molecule has 1 N–H and O–H groups in total. The van der Waals surface area contributed by atoms with Crippen molar-refractivity contribution in [3.63, 3.8) is 0 Å². The Bertz CT molecular complexity index is 60.1. The van der Waals surface area contributed by atoms with Gasteiger partial charge in [-0.2, -0.15) is 5.06 Å². The lowest BCUT2D eigenvalue weighted by Crippen LogP contribution is -2.15. The third-order valence-corrected chi connectivity index (χ3v) is 0.955. The fourth-order valence-electron chi connectivity index (χ4n) is 0.615. The van der Waals surface area contributed by atoms with Crippen molar-refractivity contribution in [3.8, 4) is 0 Å². The monoisotopic (exact) mass is 133 g/mol. The van der Waals surface area contributed by atoms with Gasteiger partial charge in [0.25, 0.3) is 0 Å². The summed E-state index contributed by atoms with van der Waals surface area (Å²) in [5, 5.41) is 10.4. The molecule has 1 unspecified atom stereocenters. The van der Waals surface area contributed by atoms with Crippen LogP contribution in [0.3, 0.4) is 0 Å². The lowest BCUT2D eigenvalue weighted by atomic mass is 10.4. The van der Waals surface area contributed by atoms with Gasteiger partial charge in [-0.05, 0) is 0 Å². The molecule has 0 spiro atoms. The van der Waals surface area contributed by atoms with Crippen molar-refractivity contribution in [2.24, 2.45) is 0 Å². The SMILES string of the molecule is CC.CN1CC(O)CO1. The molecule has 0 radical (unpaired) electrons. The summed E-state index contributed by atoms with van der Waals surface area (Å²) >= 11 is 0. The van der Waals surface area contributed by atoms with Gasteiger partial charge in [0.15, 0.2) is 0 Å². The van der Waals surface area contributed by atoms with Crippen LogP contribution in [-0.2, 0) is 4.84 Å². The van der Waals surface area contributed by atoms with Crippen molar-refractivity contribution < 1.29 is 9.94 Å². The normalized spacial score (nSPS) is 27.3. The van der Waals surface area contributed by atoms with Gasteiger partial charge >= 0.3 is 0 Å². The molecule has 1 aliphatic heterocycles. The van der Waals surface area contributed by atoms with Crippen molar-refractivity contribution in [1.29, 1.82) is 0 Å². The first-order valence-corrected chi connectivity index (χ1v) is 3.31. The van der Waals surface area contributed by atoms with E-state index in [2.05, 4.69) is 0 Å². The zero-order chi connectivity index (χ0) is 7.28. The molecule has 3 nitrogen and oxygen atoms in total. The molecule has 56 valence electrons. The maximum Gasteiger partial charge on any atom is 0.0957 e. The van der Waals surface area contributed by atoms with E-state index in [4.69, 9.17) is 9.94 Å². The number of aliphatic hydroxyl groups excluding tert-OH is 1. The summed E-state index contributed by atoms with van der Waals surface area (Å²) in [6.45, 7) is 5.09. The highest BCUT2D eigenvalue weighted by atomic mass is 16.7. The van der Waals surface area contributed by atoms with Gasteiger partial charge in [0.05, 0.1) is 19.3 Å². The van der Waals surface area contributed by atoms with Gasteiger partial charge in [0.2, 0.25) is 0 Å². The third-order valence-electron chi connectivity index (χ3n) is 0.955. The standard InChI is InChI=1S/C4H9NO2.C2H6/c1-5-2-4(6)3-7-5;1-2/h4,6H,2-3H2,1H3;1-2H3. The van der Waals surface area contributed by atoms with E-state index < -0.39 is 0 Å². The van der Waals surface area contributed by atoms with Crippen molar-refractivity contribution >= 4 is 0 Å². The van der Waals surface area contributed by atoms with Crippen molar-refractivity contribution in [2.45, 2.75) is 20.0 Å². The maximum atomic E-state index is 8.73. The average molecular weight is 133 g/mol. The minimum absolute atomic E-state index is 0.273. The van der Waals surface area contributed by atoms with E-state index in [9.17, 15) is 0 Å². The summed E-state index contributed by atoms with van der Waals surface area (Å²) in [5.74, 6) is 0. The second-order valence-corrected chi connectivity index (χ2v) is 1.76. The smallest absolute Gasteiger partial charge is 0.0957 e. The van der Waals surface area contributed by atoms with Crippen molar-refractivity contribution in [1.82, 2.24) is 5.06 Å². The molecule has 9 heavy (non-hydrogen) atoms. The van der Waals surface area contributed by atoms with E-state index in [0.717, 1.165) is 0 Å². The van der Waals surface area contributed by atoms with Crippen LogP contribution >= 0.6 is 0 Å². The second-order valence-electron chi connectivity index (χ2n) is 1.76. The first-order valence-electron chi connectivity index (χ1n) is 3.31. The van der Waals surface area contributed by atoms with Crippen LogP contribution in [0.5, 0.6) is 0 Å². The lowest BCUT2D eigenvalue weighted by Gasteiger charge is -2.01. The molecule has 1 aliphatic rings. The van der Waals surface area contributed by atoms with Gasteiger partial charge in [-0.25, -0.2) is 0 Å². The van der Waals surface area contributed by atoms with E-state index in [-0.39, 0.29) is 6.10 Å². The van der Waals surface area contributed by atoms with Crippen molar-refractivity contribution in [3.05, 3.63) is 0 Å². The van der Waals surface area contributed by atoms with Crippen LogP contribution in [-0.4, -0.2) is 36.5 Å². The highest BCUT2D eigenvalue weighted by Gasteiger charge is 2.16. The summed E-state index contributed by atoms with van der Waals surface area (Å²) in [7, 11) is 1.80. The summed E-state index contributed by atoms with van der Waals surface area (Å²) in [6.07, 6.45) is -0.273. The summed E-state index contributed by atoms with van der Waals surface area (Å²) in [4.78, 5) is 4.85. The molecule has 1 fully saturated rings. The molecule has 0 bridgehead atoms. The Morgan fingerprint density at radius 1 is 1.56 bits per heavy atom. The Morgan fingerprint density at radius 2 is 2.11 bits per heavy atom. The van der Waals surface area contributed by atoms with Gasteiger partial charge in [-0.1, -0.05) is 13.8 Å². The van der Waals surface area contributed by atoms with Crippen LogP contribution in [0.25, 0.3) is 0 Å². The topological polar surface area (TPSA) is 32.7 Å². The van der Waals surface area contributed by atoms with Crippen LogP contribution in [0.2, 0.25) is 0 Å². The first kappa shape index (κ1) is 8.88. The van der Waals surface area contributed by atoms with Crippen molar-refractivity contribution in [2.75, 3.05) is 20.2 Å². The van der Waals surface area contributed by atoms with Gasteiger partial charge in [-0.15, -0.1) is 0 Å². The number of β-amino-alcohol motifs (C(OH)–C–C–N with tert-alkyl or cyclic N) is 1. The fourth-order valence-corrected chi connectivity index (χ4v) is 0.615. The maximum absolute atomic E-state index is 8.73. The van der Waals surface area contributed by atoms with Gasteiger partial charge in [0, 0.05) is 7.05 Å². The highest BCUT2D eigenvalue weighted by Crippen LogP contribution is 1.99. The molecule has 1 heterocycles. The van der Waals surface area contributed by atoms with E-state index in [1.54, 1.807) is 12.1 Å². The van der Waals surface area contributed by atoms with Crippen LogP contribution in [0.1, 0.15) is 13.8 Å². The second kappa shape index (κ2) is 4.73. The van der Waals surface area contributed by atoms with E-state index in [1.165, 1.54) is 0 Å². The number of hydrogen-bond donors (Lipinski definition) is 1. The minimum Gasteiger partial charge on any atom is -0.389 e. The molecule has 3 heteroatoms. The molecular weight excluding hydrogens is 118 g/mol. The van der Waals surface area contributed by atoms with Gasteiger partial charge in [0.1, 0.15) is 0 Å². The van der Waals surface area contributed by atoms with Gasteiger partial charge in [-0.3, -0.25) is 4.84 Å². The van der Waals surface area contributed by atoms with Gasteiger partial charge < -0.3 is 5.11 Å². The predicted molar refractivity (Wildman–Crippen MR) is 35.9 cm³/mol. The Kier molecular flexibility index (Phi) is 4.67. The number of hydrogen-bond acceptors (Lipinski definition) is 3. The molecule has 1 atom stereocenters. The van der Waals surface area contributed by atoms with Crippen LogP contribution in [0, 0.1) is 0 Å². The van der Waals surface area contributed by atoms with E-state index in [0.29, 0.717) is 13.2 Å². The molecule has 0 aromatic rings. The van der Waals surface area contributed by atoms with Crippen LogP contribution < -0.4 is 0 Å². The molecular formula is C6H15NO2. The van der Waals surface area contributed by atoms with E-state index in [1.807, 2.05) is 13.8 Å². The molecule has 0 amide bonds. The summed E-state index contributed by atoms with van der Waals surface area (Å²) in [6, 6.07) is 0. The minimum atomic E-state index is -0.273. The zero-order valence-electron chi connectivity index (χ0n) is 6.29. The number of hydroxylamine groups is 2. The predicted octanol–water partition coefficient (Wildman–Crippen LogP) is 0.251. The molecule has 1 saturated heterocycles. The number of nitrogens with zero attached hydrogens (tertiary/aromatic N) is 1. The fraction of sp³-hybridized carbons (Fsp3) is 1.00. The Morgan fingerprint density at radius 3 is 2.22 bits per heavy atom. The molecule has 0 aromatic carbocycles. The quantitative estimate of drug-likeness (QED) is 0.514. The van der Waals surface area contributed by atoms with Crippen LogP contribution in [0.4, 0.5) is 0 Å². The Balaban J connectivity index is 0.000000291. The third kappa shape index (κ3) is 3.46. The summed E-state index contributed by atoms with van der Waals surface area (Å²) < 4.78 is 0.